The summed E-state index contributed by atoms with van der Waals surface area (Å²) >= 11 is 0. The maximum atomic E-state index is 5.49. The van der Waals surface area contributed by atoms with Crippen molar-refractivity contribution in [1.29, 1.82) is 0 Å². The van der Waals surface area contributed by atoms with Crippen LogP contribution in [-0.4, -0.2) is 19.8 Å². The molecule has 0 atom stereocenters. The number of halogens is 1. The number of benzene rings is 1. The summed E-state index contributed by atoms with van der Waals surface area (Å²) in [5, 5.41) is 3.41. The molecule has 0 aliphatic heterocycles. The third-order valence-corrected chi connectivity index (χ3v) is 2.46. The molecule has 98 valence electrons. The summed E-state index contributed by atoms with van der Waals surface area (Å²) in [7, 11) is 0. The third kappa shape index (κ3) is 9.16. The summed E-state index contributed by atoms with van der Waals surface area (Å²) in [6.07, 6.45) is 3.49. The highest BCUT2D eigenvalue weighted by Gasteiger charge is 1.91. The fourth-order valence-corrected chi connectivity index (χ4v) is 1.48. The molecule has 0 fully saturated rings. The van der Waals surface area contributed by atoms with Gasteiger partial charge in [0, 0.05) is 19.8 Å². The molecule has 0 radical (unpaired) electrons. The molecule has 0 unspecified atom stereocenters. The maximum absolute atomic E-state index is 5.49. The minimum Gasteiger partial charge on any atom is -0.381 e. The van der Waals surface area contributed by atoms with Gasteiger partial charge in [-0.1, -0.05) is 43.7 Å². The zero-order chi connectivity index (χ0) is 11.5. The minimum absolute atomic E-state index is 0. The highest BCUT2D eigenvalue weighted by Crippen LogP contribution is 1.97. The van der Waals surface area contributed by atoms with E-state index in [1.165, 1.54) is 18.4 Å². The summed E-state index contributed by atoms with van der Waals surface area (Å²) < 4.78 is 5.49. The first-order valence-corrected chi connectivity index (χ1v) is 6.26. The number of hydrogen-bond acceptors (Lipinski definition) is 2. The molecule has 3 heteroatoms. The van der Waals surface area contributed by atoms with Gasteiger partial charge in [-0.3, -0.25) is 0 Å². The van der Waals surface area contributed by atoms with Gasteiger partial charge in [0.05, 0.1) is 0 Å². The molecule has 0 saturated heterocycles. The Morgan fingerprint density at radius 1 is 1.06 bits per heavy atom. The van der Waals surface area contributed by atoms with Crippen LogP contribution < -0.4 is 5.32 Å². The van der Waals surface area contributed by atoms with Crippen molar-refractivity contribution in [2.75, 3.05) is 19.8 Å². The Hall–Kier alpha value is -0.570. The van der Waals surface area contributed by atoms with Crippen molar-refractivity contribution in [2.24, 2.45) is 0 Å². The number of hydrogen-bond donors (Lipinski definition) is 1. The minimum atomic E-state index is 0. The van der Waals surface area contributed by atoms with E-state index in [1.54, 1.807) is 0 Å². The van der Waals surface area contributed by atoms with Crippen molar-refractivity contribution in [2.45, 2.75) is 32.7 Å². The molecule has 0 aliphatic rings. The van der Waals surface area contributed by atoms with Gasteiger partial charge in [0.2, 0.25) is 0 Å². The van der Waals surface area contributed by atoms with Crippen molar-refractivity contribution >= 4 is 12.4 Å². The molecule has 1 aromatic rings. The van der Waals surface area contributed by atoms with Crippen molar-refractivity contribution in [1.82, 2.24) is 5.32 Å². The van der Waals surface area contributed by atoms with Gasteiger partial charge in [0.1, 0.15) is 0 Å². The molecule has 0 amide bonds. The van der Waals surface area contributed by atoms with E-state index in [2.05, 4.69) is 36.5 Å². The van der Waals surface area contributed by atoms with E-state index in [4.69, 9.17) is 4.74 Å². The number of nitrogens with one attached hydrogen (secondary N) is 1. The van der Waals surface area contributed by atoms with Crippen molar-refractivity contribution in [3.63, 3.8) is 0 Å². The molecule has 1 N–H and O–H groups in total. The molecule has 2 nitrogen and oxygen atoms in total. The van der Waals surface area contributed by atoms with Crippen LogP contribution in [0.25, 0.3) is 0 Å². The Labute approximate surface area is 111 Å². The van der Waals surface area contributed by atoms with Crippen LogP contribution in [0.4, 0.5) is 0 Å². The predicted molar refractivity (Wildman–Crippen MR) is 75.7 cm³/mol. The van der Waals surface area contributed by atoms with Crippen LogP contribution >= 0.6 is 12.4 Å². The highest BCUT2D eigenvalue weighted by molar-refractivity contribution is 5.85. The largest absolute Gasteiger partial charge is 0.381 e. The third-order valence-electron chi connectivity index (χ3n) is 2.46. The average molecular weight is 258 g/mol. The fourth-order valence-electron chi connectivity index (χ4n) is 1.48. The van der Waals surface area contributed by atoms with Gasteiger partial charge in [0.25, 0.3) is 0 Å². The lowest BCUT2D eigenvalue weighted by atomic mass is 10.2. The second-order valence-corrected chi connectivity index (χ2v) is 3.98. The van der Waals surface area contributed by atoms with Gasteiger partial charge < -0.3 is 10.1 Å². The summed E-state index contributed by atoms with van der Waals surface area (Å²) in [5.74, 6) is 0. The first kappa shape index (κ1) is 16.4. The van der Waals surface area contributed by atoms with Gasteiger partial charge in [-0.25, -0.2) is 0 Å². The van der Waals surface area contributed by atoms with Crippen molar-refractivity contribution < 1.29 is 4.74 Å². The van der Waals surface area contributed by atoms with E-state index in [0.29, 0.717) is 0 Å². The number of rotatable bonds is 9. The second-order valence-electron chi connectivity index (χ2n) is 3.98. The van der Waals surface area contributed by atoms with E-state index in [0.717, 1.165) is 32.7 Å². The van der Waals surface area contributed by atoms with Gasteiger partial charge >= 0.3 is 0 Å². The number of unbranched alkanes of at least 4 members (excludes halogenated alkanes) is 1. The topological polar surface area (TPSA) is 21.3 Å². The lowest BCUT2D eigenvalue weighted by molar-refractivity contribution is 0.129. The lowest BCUT2D eigenvalue weighted by Gasteiger charge is -2.05. The van der Waals surface area contributed by atoms with E-state index >= 15 is 0 Å². The summed E-state index contributed by atoms with van der Waals surface area (Å²) in [4.78, 5) is 0. The molecule has 0 saturated carbocycles. The maximum Gasteiger partial charge on any atom is 0.0478 e. The van der Waals surface area contributed by atoms with Crippen molar-refractivity contribution in [3.8, 4) is 0 Å². The number of ether oxygens (including phenoxy) is 1. The molecule has 0 aromatic heterocycles. The van der Waals surface area contributed by atoms with Crippen LogP contribution in [0, 0.1) is 0 Å². The second kappa shape index (κ2) is 11.9. The normalized spacial score (nSPS) is 9.94. The SMILES string of the molecule is CCCCOCCCNCc1ccccc1.Cl. The Morgan fingerprint density at radius 2 is 1.76 bits per heavy atom. The van der Waals surface area contributed by atoms with Crippen molar-refractivity contribution in [3.05, 3.63) is 35.9 Å². The first-order chi connectivity index (χ1) is 7.93. The average Bonchev–Trinajstić information content (AvgIpc) is 2.34. The molecule has 1 aromatic carbocycles. The first-order valence-electron chi connectivity index (χ1n) is 6.26. The van der Waals surface area contributed by atoms with Crippen LogP contribution in [0.2, 0.25) is 0 Å². The molecule has 1 rings (SSSR count). The molecule has 0 spiro atoms. The zero-order valence-corrected chi connectivity index (χ0v) is 11.5. The molecular formula is C14H24ClNO. The molecule has 0 aliphatic carbocycles. The van der Waals surface area contributed by atoms with Gasteiger partial charge in [-0.05, 0) is 24.9 Å². The highest BCUT2D eigenvalue weighted by atomic mass is 35.5. The summed E-state index contributed by atoms with van der Waals surface area (Å²) in [6, 6.07) is 10.5. The van der Waals surface area contributed by atoms with Crippen LogP contribution in [0.1, 0.15) is 31.7 Å². The van der Waals surface area contributed by atoms with Crippen LogP contribution in [-0.2, 0) is 11.3 Å². The van der Waals surface area contributed by atoms with Crippen LogP contribution in [0.5, 0.6) is 0 Å². The zero-order valence-electron chi connectivity index (χ0n) is 10.7. The van der Waals surface area contributed by atoms with Crippen LogP contribution in [0.3, 0.4) is 0 Å². The van der Waals surface area contributed by atoms with E-state index < -0.39 is 0 Å². The summed E-state index contributed by atoms with van der Waals surface area (Å²) in [6.45, 7) is 5.96. The molecule has 0 heterocycles. The van der Waals surface area contributed by atoms with Gasteiger partial charge in [-0.2, -0.15) is 0 Å². The monoisotopic (exact) mass is 257 g/mol. The quantitative estimate of drug-likeness (QED) is 0.685. The van der Waals surface area contributed by atoms with E-state index in [-0.39, 0.29) is 12.4 Å². The molecule has 0 bridgehead atoms. The molecular weight excluding hydrogens is 234 g/mol. The fraction of sp³-hybridized carbons (Fsp3) is 0.571. The summed E-state index contributed by atoms with van der Waals surface area (Å²) in [5.41, 5.74) is 1.34. The van der Waals surface area contributed by atoms with Gasteiger partial charge in [0.15, 0.2) is 0 Å². The van der Waals surface area contributed by atoms with E-state index in [9.17, 15) is 0 Å². The molecule has 17 heavy (non-hydrogen) atoms. The predicted octanol–water partition coefficient (Wildman–Crippen LogP) is 3.40. The Balaban J connectivity index is 0.00000256. The Morgan fingerprint density at radius 3 is 2.47 bits per heavy atom. The van der Waals surface area contributed by atoms with E-state index in [1.807, 2.05) is 6.07 Å². The Bertz CT molecular complexity index is 254. The smallest absolute Gasteiger partial charge is 0.0478 e. The van der Waals surface area contributed by atoms with Gasteiger partial charge in [-0.15, -0.1) is 12.4 Å². The standard InChI is InChI=1S/C14H23NO.ClH/c1-2-3-11-16-12-7-10-15-13-14-8-5-4-6-9-14;/h4-6,8-9,15H,2-3,7,10-13H2,1H3;1H. The Kier molecular flexibility index (Phi) is 11.5. The lowest BCUT2D eigenvalue weighted by Crippen LogP contribution is -2.16. The van der Waals surface area contributed by atoms with Crippen LogP contribution in [0.15, 0.2) is 30.3 Å².